The highest BCUT2D eigenvalue weighted by Crippen LogP contribution is 2.22. The van der Waals surface area contributed by atoms with E-state index in [2.05, 4.69) is 16.0 Å². The Balaban J connectivity index is 1.34. The molecule has 0 bridgehead atoms. The fourth-order valence-corrected chi connectivity index (χ4v) is 3.26. The van der Waals surface area contributed by atoms with E-state index in [0.717, 1.165) is 11.3 Å². The van der Waals surface area contributed by atoms with Gasteiger partial charge in [-0.3, -0.25) is 14.4 Å². The first-order valence-corrected chi connectivity index (χ1v) is 9.88. The van der Waals surface area contributed by atoms with E-state index in [4.69, 9.17) is 4.74 Å². The summed E-state index contributed by atoms with van der Waals surface area (Å²) >= 11 is 0. The van der Waals surface area contributed by atoms with Crippen LogP contribution >= 0.6 is 0 Å². The molecule has 4 rings (SSSR count). The maximum atomic E-state index is 12.4. The molecule has 0 saturated heterocycles. The van der Waals surface area contributed by atoms with E-state index >= 15 is 0 Å². The number of ether oxygens (including phenoxy) is 1. The maximum absolute atomic E-state index is 12.4. The van der Waals surface area contributed by atoms with E-state index in [1.807, 2.05) is 54.6 Å². The zero-order valence-corrected chi connectivity index (χ0v) is 16.6. The van der Waals surface area contributed by atoms with E-state index in [1.165, 1.54) is 0 Å². The molecule has 1 aliphatic rings. The van der Waals surface area contributed by atoms with Crippen molar-refractivity contribution in [2.75, 3.05) is 5.32 Å². The second-order valence-corrected chi connectivity index (χ2v) is 7.10. The Morgan fingerprint density at radius 2 is 1.65 bits per heavy atom. The van der Waals surface area contributed by atoms with E-state index < -0.39 is 17.9 Å². The van der Waals surface area contributed by atoms with Crippen molar-refractivity contribution in [1.29, 1.82) is 0 Å². The number of carbonyl (C=O) groups is 3. The molecular formula is C24H21N3O4. The molecule has 3 amide bonds. The summed E-state index contributed by atoms with van der Waals surface area (Å²) in [5, 5.41) is 8.10. The van der Waals surface area contributed by atoms with Gasteiger partial charge in [-0.25, -0.2) is 0 Å². The molecule has 0 spiro atoms. The van der Waals surface area contributed by atoms with Gasteiger partial charge in [-0.2, -0.15) is 0 Å². The lowest BCUT2D eigenvalue weighted by Gasteiger charge is -2.14. The average Bonchev–Trinajstić information content (AvgIpc) is 2.89. The van der Waals surface area contributed by atoms with Crippen LogP contribution in [0.1, 0.15) is 22.3 Å². The van der Waals surface area contributed by atoms with Crippen LogP contribution in [-0.2, 0) is 16.1 Å². The molecular weight excluding hydrogens is 394 g/mol. The first-order chi connectivity index (χ1) is 15.1. The molecule has 1 heterocycles. The Kier molecular flexibility index (Phi) is 5.93. The van der Waals surface area contributed by atoms with Crippen LogP contribution in [0, 0.1) is 0 Å². The highest BCUT2D eigenvalue weighted by molar-refractivity contribution is 6.10. The van der Waals surface area contributed by atoms with Gasteiger partial charge in [0, 0.05) is 6.54 Å². The minimum atomic E-state index is -0.951. The van der Waals surface area contributed by atoms with Crippen LogP contribution in [0.4, 0.5) is 5.69 Å². The summed E-state index contributed by atoms with van der Waals surface area (Å²) in [6, 6.07) is 22.6. The van der Waals surface area contributed by atoms with Crippen molar-refractivity contribution in [2.45, 2.75) is 19.0 Å². The number of fused-ring (bicyclic) bond motifs is 1. The second kappa shape index (κ2) is 9.13. The maximum Gasteiger partial charge on any atom is 0.254 e. The topological polar surface area (TPSA) is 96.5 Å². The number of benzene rings is 3. The van der Waals surface area contributed by atoms with Gasteiger partial charge in [0.15, 0.2) is 0 Å². The van der Waals surface area contributed by atoms with Crippen molar-refractivity contribution in [2.24, 2.45) is 0 Å². The zero-order chi connectivity index (χ0) is 21.6. The molecule has 1 atom stereocenters. The number of para-hydroxylation sites is 2. The van der Waals surface area contributed by atoms with Crippen LogP contribution in [0.3, 0.4) is 0 Å². The predicted molar refractivity (Wildman–Crippen MR) is 116 cm³/mol. The van der Waals surface area contributed by atoms with Gasteiger partial charge >= 0.3 is 0 Å². The lowest BCUT2D eigenvalue weighted by molar-refractivity contribution is -0.125. The summed E-state index contributed by atoms with van der Waals surface area (Å²) in [6.07, 6.45) is -0.161. The Morgan fingerprint density at radius 1 is 0.903 bits per heavy atom. The van der Waals surface area contributed by atoms with Crippen LogP contribution in [0.25, 0.3) is 0 Å². The van der Waals surface area contributed by atoms with Crippen LogP contribution < -0.4 is 20.7 Å². The van der Waals surface area contributed by atoms with Crippen molar-refractivity contribution in [3.8, 4) is 11.5 Å². The smallest absolute Gasteiger partial charge is 0.254 e. The fourth-order valence-electron chi connectivity index (χ4n) is 3.26. The molecule has 0 fully saturated rings. The van der Waals surface area contributed by atoms with E-state index in [-0.39, 0.29) is 18.9 Å². The molecule has 0 saturated carbocycles. The summed E-state index contributed by atoms with van der Waals surface area (Å²) in [6.45, 7) is 0.271. The van der Waals surface area contributed by atoms with E-state index in [0.29, 0.717) is 17.0 Å². The van der Waals surface area contributed by atoms with Gasteiger partial charge in [-0.05, 0) is 42.0 Å². The van der Waals surface area contributed by atoms with Gasteiger partial charge in [-0.15, -0.1) is 0 Å². The third kappa shape index (κ3) is 5.08. The Morgan fingerprint density at radius 3 is 2.48 bits per heavy atom. The molecule has 0 unspecified atom stereocenters. The first-order valence-electron chi connectivity index (χ1n) is 9.88. The molecule has 31 heavy (non-hydrogen) atoms. The van der Waals surface area contributed by atoms with Gasteiger partial charge in [0.25, 0.3) is 5.91 Å². The number of carbonyl (C=O) groups excluding carboxylic acids is 3. The van der Waals surface area contributed by atoms with Gasteiger partial charge in [0.1, 0.15) is 17.5 Å². The average molecular weight is 415 g/mol. The Hall–Kier alpha value is -4.13. The largest absolute Gasteiger partial charge is 0.457 e. The van der Waals surface area contributed by atoms with Crippen LogP contribution in [0.5, 0.6) is 11.5 Å². The highest BCUT2D eigenvalue weighted by atomic mass is 16.5. The molecule has 1 aliphatic heterocycles. The van der Waals surface area contributed by atoms with Crippen LogP contribution in [-0.4, -0.2) is 23.8 Å². The lowest BCUT2D eigenvalue weighted by Crippen LogP contribution is -2.44. The number of nitrogens with one attached hydrogen (secondary N) is 3. The molecule has 3 aromatic carbocycles. The normalized spacial score (nSPS) is 15.2. The summed E-state index contributed by atoms with van der Waals surface area (Å²) < 4.78 is 5.80. The Bertz CT molecular complexity index is 1110. The summed E-state index contributed by atoms with van der Waals surface area (Å²) in [5.74, 6) is 0.218. The molecule has 0 aliphatic carbocycles. The zero-order valence-electron chi connectivity index (χ0n) is 16.6. The minimum absolute atomic E-state index is 0.161. The third-order valence-electron chi connectivity index (χ3n) is 4.81. The molecule has 0 radical (unpaired) electrons. The monoisotopic (exact) mass is 415 g/mol. The van der Waals surface area contributed by atoms with Crippen LogP contribution in [0.15, 0.2) is 78.9 Å². The summed E-state index contributed by atoms with van der Waals surface area (Å²) in [5.41, 5.74) is 1.65. The number of anilines is 1. The van der Waals surface area contributed by atoms with Crippen molar-refractivity contribution in [1.82, 2.24) is 10.6 Å². The Labute approximate surface area is 179 Å². The van der Waals surface area contributed by atoms with Crippen molar-refractivity contribution >= 4 is 23.4 Å². The number of hydrogen-bond donors (Lipinski definition) is 3. The number of amides is 3. The molecule has 156 valence electrons. The molecule has 3 aromatic rings. The molecule has 7 nitrogen and oxygen atoms in total. The van der Waals surface area contributed by atoms with Gasteiger partial charge in [-0.1, -0.05) is 42.5 Å². The fraction of sp³-hybridized carbons (Fsp3) is 0.125. The standard InChI is InChI=1S/C24H21N3O4/c28-22(14-21-24(30)26-20-12-5-4-11-19(20)23(29)27-21)25-15-16-7-6-10-18(13-16)31-17-8-2-1-3-9-17/h1-13,21H,14-15H2,(H,25,28)(H,26,30)(H,27,29)/t21-/m1/s1. The second-order valence-electron chi connectivity index (χ2n) is 7.10. The third-order valence-corrected chi connectivity index (χ3v) is 4.81. The van der Waals surface area contributed by atoms with E-state index in [9.17, 15) is 14.4 Å². The van der Waals surface area contributed by atoms with Crippen molar-refractivity contribution in [3.05, 3.63) is 90.0 Å². The quantitative estimate of drug-likeness (QED) is 0.576. The highest BCUT2D eigenvalue weighted by Gasteiger charge is 2.29. The first kappa shape index (κ1) is 20.2. The molecule has 0 aromatic heterocycles. The SMILES string of the molecule is O=C(C[C@H]1NC(=O)c2ccccc2NC1=O)NCc1cccc(Oc2ccccc2)c1. The van der Waals surface area contributed by atoms with E-state index in [1.54, 1.807) is 24.3 Å². The minimum Gasteiger partial charge on any atom is -0.457 e. The molecule has 3 N–H and O–H groups in total. The van der Waals surface area contributed by atoms with Gasteiger partial charge < -0.3 is 20.7 Å². The molecule has 7 heteroatoms. The van der Waals surface area contributed by atoms with Crippen molar-refractivity contribution in [3.63, 3.8) is 0 Å². The van der Waals surface area contributed by atoms with Crippen LogP contribution in [0.2, 0.25) is 0 Å². The summed E-state index contributed by atoms with van der Waals surface area (Å²) in [7, 11) is 0. The van der Waals surface area contributed by atoms with Crippen molar-refractivity contribution < 1.29 is 19.1 Å². The summed E-state index contributed by atoms with van der Waals surface area (Å²) in [4.78, 5) is 37.2. The lowest BCUT2D eigenvalue weighted by atomic mass is 10.1. The number of hydrogen-bond acceptors (Lipinski definition) is 4. The number of rotatable bonds is 6. The van der Waals surface area contributed by atoms with Gasteiger partial charge in [0.2, 0.25) is 11.8 Å². The van der Waals surface area contributed by atoms with Gasteiger partial charge in [0.05, 0.1) is 17.7 Å². The predicted octanol–water partition coefficient (Wildman–Crippen LogP) is 3.24.